The number of pyridine rings is 1. The van der Waals surface area contributed by atoms with E-state index in [1.54, 1.807) is 6.07 Å². The molecular formula is C10H9ClN2. The number of aromatic nitrogens is 1. The average molecular weight is 193 g/mol. The third kappa shape index (κ3) is 1.64. The maximum absolute atomic E-state index is 5.77. The molecular weight excluding hydrogens is 184 g/mol. The third-order valence-corrected chi connectivity index (χ3v) is 2.17. The number of fused-ring (bicyclic) bond motifs is 1. The molecule has 0 aliphatic heterocycles. The van der Waals surface area contributed by atoms with Gasteiger partial charge in [-0.2, -0.15) is 0 Å². The van der Waals surface area contributed by atoms with Crippen LogP contribution in [0.1, 0.15) is 5.56 Å². The Morgan fingerprint density at radius 3 is 2.77 bits per heavy atom. The SMILES string of the molecule is NCc1ccc2ccc(Cl)nc2c1. The summed E-state index contributed by atoms with van der Waals surface area (Å²) in [5.74, 6) is 0. The highest BCUT2D eigenvalue weighted by Gasteiger charge is 1.97. The molecule has 0 aliphatic rings. The maximum Gasteiger partial charge on any atom is 0.129 e. The summed E-state index contributed by atoms with van der Waals surface area (Å²) in [6, 6.07) is 9.69. The Balaban J connectivity index is 2.68. The standard InChI is InChI=1S/C10H9ClN2/c11-10-4-3-8-2-1-7(6-12)5-9(8)13-10/h1-5H,6,12H2. The van der Waals surface area contributed by atoms with Crippen molar-refractivity contribution < 1.29 is 0 Å². The molecule has 0 saturated carbocycles. The van der Waals surface area contributed by atoms with Gasteiger partial charge in [0.25, 0.3) is 0 Å². The molecule has 2 aromatic rings. The number of benzene rings is 1. The number of hydrogen-bond acceptors (Lipinski definition) is 2. The Bertz CT molecular complexity index is 440. The van der Waals surface area contributed by atoms with Crippen molar-refractivity contribution >= 4 is 22.5 Å². The zero-order chi connectivity index (χ0) is 9.26. The average Bonchev–Trinajstić information content (AvgIpc) is 2.16. The summed E-state index contributed by atoms with van der Waals surface area (Å²) in [6.07, 6.45) is 0. The Morgan fingerprint density at radius 1 is 1.23 bits per heavy atom. The van der Waals surface area contributed by atoms with Gasteiger partial charge >= 0.3 is 0 Å². The number of hydrogen-bond donors (Lipinski definition) is 1. The van der Waals surface area contributed by atoms with Crippen LogP contribution in [0.5, 0.6) is 0 Å². The van der Waals surface area contributed by atoms with E-state index in [0.717, 1.165) is 16.5 Å². The lowest BCUT2D eigenvalue weighted by atomic mass is 10.1. The summed E-state index contributed by atoms with van der Waals surface area (Å²) in [5.41, 5.74) is 7.49. The van der Waals surface area contributed by atoms with E-state index in [2.05, 4.69) is 4.98 Å². The predicted octanol–water partition coefficient (Wildman–Crippen LogP) is 2.35. The van der Waals surface area contributed by atoms with Crippen LogP contribution in [0.2, 0.25) is 5.15 Å². The molecule has 3 heteroatoms. The van der Waals surface area contributed by atoms with E-state index in [-0.39, 0.29) is 0 Å². The molecule has 1 aromatic heterocycles. The van der Waals surface area contributed by atoms with Crippen molar-refractivity contribution in [2.24, 2.45) is 5.73 Å². The highest BCUT2D eigenvalue weighted by Crippen LogP contribution is 2.16. The molecule has 0 radical (unpaired) electrons. The van der Waals surface area contributed by atoms with Gasteiger partial charge in [-0.05, 0) is 23.8 Å². The van der Waals surface area contributed by atoms with Crippen LogP contribution < -0.4 is 5.73 Å². The van der Waals surface area contributed by atoms with Crippen LogP contribution in [0.15, 0.2) is 30.3 Å². The van der Waals surface area contributed by atoms with Crippen molar-refractivity contribution in [3.8, 4) is 0 Å². The second-order valence-corrected chi connectivity index (χ2v) is 3.25. The van der Waals surface area contributed by atoms with E-state index in [9.17, 15) is 0 Å². The number of rotatable bonds is 1. The number of nitrogens with two attached hydrogens (primary N) is 1. The normalized spacial score (nSPS) is 10.6. The second kappa shape index (κ2) is 3.32. The molecule has 2 nitrogen and oxygen atoms in total. The molecule has 0 fully saturated rings. The lowest BCUT2D eigenvalue weighted by molar-refractivity contribution is 1.07. The van der Waals surface area contributed by atoms with E-state index in [1.165, 1.54) is 0 Å². The lowest BCUT2D eigenvalue weighted by Gasteiger charge is -2.00. The van der Waals surface area contributed by atoms with Crippen molar-refractivity contribution in [1.82, 2.24) is 4.98 Å². The van der Waals surface area contributed by atoms with Gasteiger partial charge in [-0.3, -0.25) is 0 Å². The summed E-state index contributed by atoms with van der Waals surface area (Å²) in [4.78, 5) is 4.19. The van der Waals surface area contributed by atoms with Crippen LogP contribution in [-0.2, 0) is 6.54 Å². The smallest absolute Gasteiger partial charge is 0.129 e. The van der Waals surface area contributed by atoms with Gasteiger partial charge in [0.1, 0.15) is 5.15 Å². The molecule has 1 aromatic carbocycles. The summed E-state index contributed by atoms with van der Waals surface area (Å²) < 4.78 is 0. The molecule has 66 valence electrons. The summed E-state index contributed by atoms with van der Waals surface area (Å²) in [5, 5.41) is 1.60. The number of halogens is 1. The van der Waals surface area contributed by atoms with Gasteiger partial charge in [0, 0.05) is 11.9 Å². The van der Waals surface area contributed by atoms with Crippen LogP contribution in [0.3, 0.4) is 0 Å². The molecule has 0 saturated heterocycles. The Hall–Kier alpha value is -1.12. The van der Waals surface area contributed by atoms with Crippen LogP contribution in [-0.4, -0.2) is 4.98 Å². The molecule has 0 unspecified atom stereocenters. The largest absolute Gasteiger partial charge is 0.326 e. The highest BCUT2D eigenvalue weighted by molar-refractivity contribution is 6.29. The van der Waals surface area contributed by atoms with Crippen LogP contribution in [0.4, 0.5) is 0 Å². The first-order valence-electron chi connectivity index (χ1n) is 4.05. The molecule has 13 heavy (non-hydrogen) atoms. The molecule has 0 atom stereocenters. The summed E-state index contributed by atoms with van der Waals surface area (Å²) in [7, 11) is 0. The molecule has 0 aliphatic carbocycles. The van der Waals surface area contributed by atoms with Crippen LogP contribution in [0.25, 0.3) is 10.9 Å². The maximum atomic E-state index is 5.77. The lowest BCUT2D eigenvalue weighted by Crippen LogP contribution is -1.95. The van der Waals surface area contributed by atoms with Crippen LogP contribution >= 0.6 is 11.6 Å². The Morgan fingerprint density at radius 2 is 2.00 bits per heavy atom. The molecule has 0 bridgehead atoms. The fourth-order valence-electron chi connectivity index (χ4n) is 1.26. The third-order valence-electron chi connectivity index (χ3n) is 1.96. The summed E-state index contributed by atoms with van der Waals surface area (Å²) in [6.45, 7) is 0.532. The fraction of sp³-hybridized carbons (Fsp3) is 0.100. The van der Waals surface area contributed by atoms with Gasteiger partial charge in [0.05, 0.1) is 5.52 Å². The molecule has 2 rings (SSSR count). The van der Waals surface area contributed by atoms with Crippen molar-refractivity contribution in [3.63, 3.8) is 0 Å². The Kier molecular flexibility index (Phi) is 2.17. The summed E-state index contributed by atoms with van der Waals surface area (Å²) >= 11 is 5.77. The quantitative estimate of drug-likeness (QED) is 0.705. The van der Waals surface area contributed by atoms with Gasteiger partial charge in [-0.1, -0.05) is 23.7 Å². The minimum Gasteiger partial charge on any atom is -0.326 e. The van der Waals surface area contributed by atoms with Gasteiger partial charge in [-0.15, -0.1) is 0 Å². The zero-order valence-electron chi connectivity index (χ0n) is 7.00. The van der Waals surface area contributed by atoms with E-state index < -0.39 is 0 Å². The van der Waals surface area contributed by atoms with E-state index in [1.807, 2.05) is 24.3 Å². The van der Waals surface area contributed by atoms with Gasteiger partial charge in [0.2, 0.25) is 0 Å². The van der Waals surface area contributed by atoms with Crippen LogP contribution in [0, 0.1) is 0 Å². The predicted molar refractivity (Wildman–Crippen MR) is 54.6 cm³/mol. The first kappa shape index (κ1) is 8.48. The van der Waals surface area contributed by atoms with Gasteiger partial charge in [-0.25, -0.2) is 4.98 Å². The van der Waals surface area contributed by atoms with Crippen molar-refractivity contribution in [1.29, 1.82) is 0 Å². The number of nitrogens with zero attached hydrogens (tertiary/aromatic N) is 1. The minimum absolute atomic E-state index is 0.515. The first-order valence-corrected chi connectivity index (χ1v) is 4.42. The topological polar surface area (TPSA) is 38.9 Å². The monoisotopic (exact) mass is 192 g/mol. The van der Waals surface area contributed by atoms with Gasteiger partial charge < -0.3 is 5.73 Å². The molecule has 1 heterocycles. The van der Waals surface area contributed by atoms with Crippen molar-refractivity contribution in [2.45, 2.75) is 6.54 Å². The molecule has 2 N–H and O–H groups in total. The zero-order valence-corrected chi connectivity index (χ0v) is 7.75. The van der Waals surface area contributed by atoms with E-state index in [0.29, 0.717) is 11.7 Å². The fourth-order valence-corrected chi connectivity index (χ4v) is 1.42. The van der Waals surface area contributed by atoms with Crippen molar-refractivity contribution in [2.75, 3.05) is 0 Å². The second-order valence-electron chi connectivity index (χ2n) is 2.87. The molecule has 0 spiro atoms. The minimum atomic E-state index is 0.515. The van der Waals surface area contributed by atoms with Gasteiger partial charge in [0.15, 0.2) is 0 Å². The van der Waals surface area contributed by atoms with Crippen molar-refractivity contribution in [3.05, 3.63) is 41.0 Å². The highest BCUT2D eigenvalue weighted by atomic mass is 35.5. The molecule has 0 amide bonds. The first-order chi connectivity index (χ1) is 6.29. The van der Waals surface area contributed by atoms with E-state index >= 15 is 0 Å². The Labute approximate surface area is 81.3 Å². The van der Waals surface area contributed by atoms with E-state index in [4.69, 9.17) is 17.3 Å².